The van der Waals surface area contributed by atoms with E-state index in [1.54, 1.807) is 0 Å². The quantitative estimate of drug-likeness (QED) is 0.856. The van der Waals surface area contributed by atoms with Gasteiger partial charge in [-0.05, 0) is 6.54 Å². The Morgan fingerprint density at radius 2 is 1.88 bits per heavy atom. The van der Waals surface area contributed by atoms with Gasteiger partial charge in [0.1, 0.15) is 22.7 Å². The van der Waals surface area contributed by atoms with E-state index in [2.05, 4.69) is 22.8 Å². The maximum atomic E-state index is 9.74. The molecule has 0 N–H and O–H groups in total. The van der Waals surface area contributed by atoms with Gasteiger partial charge in [-0.3, -0.25) is 4.90 Å². The minimum Gasteiger partial charge on any atom is -0.318 e. The van der Waals surface area contributed by atoms with Crippen LogP contribution in [0.1, 0.15) is 18.7 Å². The highest BCUT2D eigenvalue weighted by atomic mass is 35.5. The van der Waals surface area contributed by atoms with Crippen LogP contribution in [0.5, 0.6) is 0 Å². The maximum Gasteiger partial charge on any atom is 0.144 e. The van der Waals surface area contributed by atoms with Gasteiger partial charge in [-0.25, -0.2) is 4.98 Å². The molecular formula is C18H22ClN5. The lowest BCUT2D eigenvalue weighted by Gasteiger charge is -2.35. The lowest BCUT2D eigenvalue weighted by molar-refractivity contribution is 0.117. The van der Waals surface area contributed by atoms with Crippen LogP contribution in [0.4, 0.5) is 0 Å². The molecule has 1 aromatic carbocycles. The highest BCUT2D eigenvalue weighted by molar-refractivity contribution is 6.30. The van der Waals surface area contributed by atoms with Gasteiger partial charge < -0.3 is 9.47 Å². The lowest BCUT2D eigenvalue weighted by atomic mass is 10.1. The summed E-state index contributed by atoms with van der Waals surface area (Å²) in [6, 6.07) is 11.9. The first-order valence-electron chi connectivity index (χ1n) is 8.29. The minimum atomic E-state index is -0.403. The van der Waals surface area contributed by atoms with Crippen molar-refractivity contribution in [2.24, 2.45) is 7.05 Å². The number of piperazine rings is 1. The molecule has 1 atom stereocenters. The Kier molecular flexibility index (Phi) is 5.20. The van der Waals surface area contributed by atoms with Crippen LogP contribution < -0.4 is 0 Å². The van der Waals surface area contributed by atoms with E-state index in [0.717, 1.165) is 44.1 Å². The van der Waals surface area contributed by atoms with Crippen LogP contribution in [0.15, 0.2) is 30.3 Å². The molecule has 0 spiro atoms. The number of benzene rings is 1. The number of likely N-dealkylation sites (N-methyl/N-ethyl adjacent to an activating group) is 1. The number of halogens is 1. The molecule has 1 aliphatic rings. The molecule has 3 rings (SSSR count). The van der Waals surface area contributed by atoms with E-state index in [1.807, 2.05) is 41.9 Å². The first kappa shape index (κ1) is 17.0. The summed E-state index contributed by atoms with van der Waals surface area (Å²) in [5, 5.41) is 10.3. The van der Waals surface area contributed by atoms with E-state index < -0.39 is 6.04 Å². The molecule has 1 fully saturated rings. The van der Waals surface area contributed by atoms with Crippen molar-refractivity contribution in [3.8, 4) is 17.5 Å². The van der Waals surface area contributed by atoms with E-state index >= 15 is 0 Å². The lowest BCUT2D eigenvalue weighted by Crippen LogP contribution is -2.47. The number of rotatable bonds is 4. The summed E-state index contributed by atoms with van der Waals surface area (Å²) >= 11 is 6.52. The molecule has 24 heavy (non-hydrogen) atoms. The largest absolute Gasteiger partial charge is 0.318 e. The number of imidazole rings is 1. The molecule has 0 radical (unpaired) electrons. The van der Waals surface area contributed by atoms with Crippen molar-refractivity contribution in [2.75, 3.05) is 32.7 Å². The van der Waals surface area contributed by atoms with E-state index in [1.165, 1.54) is 0 Å². The van der Waals surface area contributed by atoms with Crippen LogP contribution in [0, 0.1) is 11.3 Å². The number of nitriles is 1. The summed E-state index contributed by atoms with van der Waals surface area (Å²) in [4.78, 5) is 9.28. The normalized spacial score (nSPS) is 17.6. The third kappa shape index (κ3) is 3.18. The second-order valence-corrected chi connectivity index (χ2v) is 6.40. The van der Waals surface area contributed by atoms with E-state index in [0.29, 0.717) is 10.8 Å². The molecule has 1 aliphatic heterocycles. The van der Waals surface area contributed by atoms with Crippen molar-refractivity contribution < 1.29 is 0 Å². The molecule has 1 unspecified atom stereocenters. The topological polar surface area (TPSA) is 48.1 Å². The predicted octanol–water partition coefficient (Wildman–Crippen LogP) is 2.94. The monoisotopic (exact) mass is 343 g/mol. The Bertz CT molecular complexity index is 726. The fraction of sp³-hybridized carbons (Fsp3) is 0.444. The van der Waals surface area contributed by atoms with Gasteiger partial charge in [0, 0.05) is 38.8 Å². The second kappa shape index (κ2) is 7.35. The van der Waals surface area contributed by atoms with Gasteiger partial charge in [0.05, 0.1) is 6.07 Å². The standard InChI is InChI=1S/C18H22ClN5/c1-3-23-9-11-24(12-10-23)15(13-20)16-17(19)22(2)18(21-16)14-7-5-4-6-8-14/h4-8,15H,3,9-12H2,1-2H3. The molecule has 126 valence electrons. The zero-order valence-electron chi connectivity index (χ0n) is 14.1. The Hall–Kier alpha value is -1.87. The summed E-state index contributed by atoms with van der Waals surface area (Å²) in [6.07, 6.45) is 0. The van der Waals surface area contributed by atoms with Crippen LogP contribution >= 0.6 is 11.6 Å². The maximum absolute atomic E-state index is 9.74. The molecule has 2 heterocycles. The van der Waals surface area contributed by atoms with Crippen molar-refractivity contribution >= 4 is 11.6 Å². The minimum absolute atomic E-state index is 0.403. The smallest absolute Gasteiger partial charge is 0.144 e. The van der Waals surface area contributed by atoms with Crippen LogP contribution in [-0.2, 0) is 7.05 Å². The van der Waals surface area contributed by atoms with Gasteiger partial charge in [-0.1, -0.05) is 48.9 Å². The van der Waals surface area contributed by atoms with Crippen LogP contribution in [0.25, 0.3) is 11.4 Å². The average molecular weight is 344 g/mol. The van der Waals surface area contributed by atoms with Crippen LogP contribution in [0.2, 0.25) is 5.15 Å². The third-order valence-corrected chi connectivity index (χ3v) is 5.13. The van der Waals surface area contributed by atoms with Gasteiger partial charge in [-0.2, -0.15) is 5.26 Å². The Morgan fingerprint density at radius 3 is 2.46 bits per heavy atom. The molecule has 6 heteroatoms. The Labute approximate surface area is 148 Å². The van der Waals surface area contributed by atoms with Gasteiger partial charge in [0.25, 0.3) is 0 Å². The number of hydrogen-bond acceptors (Lipinski definition) is 4. The van der Waals surface area contributed by atoms with E-state index in [4.69, 9.17) is 16.6 Å². The number of hydrogen-bond donors (Lipinski definition) is 0. The fourth-order valence-corrected chi connectivity index (χ4v) is 3.40. The van der Waals surface area contributed by atoms with Crippen molar-refractivity contribution in [2.45, 2.75) is 13.0 Å². The summed E-state index contributed by atoms with van der Waals surface area (Å²) in [5.41, 5.74) is 1.66. The van der Waals surface area contributed by atoms with Gasteiger partial charge in [-0.15, -0.1) is 0 Å². The number of nitrogens with zero attached hydrogens (tertiary/aromatic N) is 5. The highest BCUT2D eigenvalue weighted by Gasteiger charge is 2.29. The van der Waals surface area contributed by atoms with Gasteiger partial charge in [0.15, 0.2) is 0 Å². The van der Waals surface area contributed by atoms with E-state index in [9.17, 15) is 5.26 Å². The van der Waals surface area contributed by atoms with Crippen molar-refractivity contribution in [1.82, 2.24) is 19.4 Å². The van der Waals surface area contributed by atoms with Crippen molar-refractivity contribution in [3.05, 3.63) is 41.2 Å². The predicted molar refractivity (Wildman–Crippen MR) is 95.7 cm³/mol. The van der Waals surface area contributed by atoms with Crippen LogP contribution in [-0.4, -0.2) is 52.1 Å². The Balaban J connectivity index is 1.90. The summed E-state index contributed by atoms with van der Waals surface area (Å²) < 4.78 is 1.86. The summed E-state index contributed by atoms with van der Waals surface area (Å²) in [7, 11) is 1.89. The van der Waals surface area contributed by atoms with Crippen molar-refractivity contribution in [3.63, 3.8) is 0 Å². The molecule has 0 amide bonds. The second-order valence-electron chi connectivity index (χ2n) is 6.04. The first-order valence-corrected chi connectivity index (χ1v) is 8.67. The molecule has 1 saturated heterocycles. The number of aromatic nitrogens is 2. The highest BCUT2D eigenvalue weighted by Crippen LogP contribution is 2.31. The zero-order valence-corrected chi connectivity index (χ0v) is 14.9. The molecule has 0 aliphatic carbocycles. The molecular weight excluding hydrogens is 322 g/mol. The van der Waals surface area contributed by atoms with Crippen LogP contribution in [0.3, 0.4) is 0 Å². The molecule has 0 saturated carbocycles. The summed E-state index contributed by atoms with van der Waals surface area (Å²) in [5.74, 6) is 0.794. The first-order chi connectivity index (χ1) is 11.7. The molecule has 1 aromatic heterocycles. The molecule has 5 nitrogen and oxygen atoms in total. The summed E-state index contributed by atoms with van der Waals surface area (Å²) in [6.45, 7) is 6.89. The Morgan fingerprint density at radius 1 is 1.21 bits per heavy atom. The van der Waals surface area contributed by atoms with E-state index in [-0.39, 0.29) is 0 Å². The van der Waals surface area contributed by atoms with Gasteiger partial charge in [0.2, 0.25) is 0 Å². The molecule has 0 bridgehead atoms. The molecule has 2 aromatic rings. The van der Waals surface area contributed by atoms with Crippen molar-refractivity contribution in [1.29, 1.82) is 5.26 Å². The average Bonchev–Trinajstić information content (AvgIpc) is 2.93. The third-order valence-electron chi connectivity index (χ3n) is 4.68. The zero-order chi connectivity index (χ0) is 17.1. The fourth-order valence-electron chi connectivity index (χ4n) is 3.17. The SMILES string of the molecule is CCN1CCN(C(C#N)c2nc(-c3ccccc3)n(C)c2Cl)CC1. The van der Waals surface area contributed by atoms with Gasteiger partial charge >= 0.3 is 0 Å².